The summed E-state index contributed by atoms with van der Waals surface area (Å²) in [5.41, 5.74) is 7.02. The van der Waals surface area contributed by atoms with Crippen LogP contribution >= 0.6 is 12.4 Å². The topological polar surface area (TPSA) is 73.6 Å². The average molecular weight is 355 g/mol. The highest BCUT2D eigenvalue weighted by Gasteiger charge is 2.49. The zero-order valence-corrected chi connectivity index (χ0v) is 14.9. The number of fused-ring (bicyclic) bond motifs is 2. The van der Waals surface area contributed by atoms with E-state index >= 15 is 0 Å². The maximum Gasteiger partial charge on any atom is 0.229 e. The monoisotopic (exact) mass is 354 g/mol. The van der Waals surface area contributed by atoms with Crippen molar-refractivity contribution >= 4 is 24.0 Å². The predicted octanol–water partition coefficient (Wildman–Crippen LogP) is 2.84. The van der Waals surface area contributed by atoms with Gasteiger partial charge >= 0.3 is 0 Å². The highest BCUT2D eigenvalue weighted by Crippen LogP contribution is 2.47. The number of benzene rings is 1. The van der Waals surface area contributed by atoms with Gasteiger partial charge in [-0.25, -0.2) is 0 Å². The van der Waals surface area contributed by atoms with Gasteiger partial charge in [0.2, 0.25) is 5.91 Å². The fraction of sp³-hybridized carbons (Fsp3) is 0.611. The second-order valence-corrected chi connectivity index (χ2v) is 6.65. The van der Waals surface area contributed by atoms with Crippen molar-refractivity contribution in [2.24, 2.45) is 23.5 Å². The molecule has 1 amide bonds. The first kappa shape index (κ1) is 19.0. The molecule has 3 N–H and O–H groups in total. The van der Waals surface area contributed by atoms with Crippen LogP contribution in [-0.4, -0.2) is 32.3 Å². The molecule has 2 bridgehead atoms. The number of carbonyl (C=O) groups is 1. The smallest absolute Gasteiger partial charge is 0.229 e. The summed E-state index contributed by atoms with van der Waals surface area (Å²) < 4.78 is 10.7. The van der Waals surface area contributed by atoms with Gasteiger partial charge < -0.3 is 20.5 Å². The third kappa shape index (κ3) is 4.21. The van der Waals surface area contributed by atoms with Gasteiger partial charge in [0.15, 0.2) is 0 Å². The minimum Gasteiger partial charge on any atom is -0.493 e. The summed E-state index contributed by atoms with van der Waals surface area (Å²) in [6.45, 7) is 1.28. The van der Waals surface area contributed by atoms with E-state index in [4.69, 9.17) is 15.2 Å². The van der Waals surface area contributed by atoms with Crippen LogP contribution < -0.4 is 15.8 Å². The lowest BCUT2D eigenvalue weighted by Gasteiger charge is -2.27. The van der Waals surface area contributed by atoms with Crippen LogP contribution in [0, 0.1) is 17.8 Å². The zero-order valence-electron chi connectivity index (χ0n) is 14.1. The van der Waals surface area contributed by atoms with Crippen LogP contribution in [0.3, 0.4) is 0 Å². The van der Waals surface area contributed by atoms with Gasteiger partial charge in [-0.1, -0.05) is 6.07 Å². The number of rotatable bonds is 7. The number of nitrogens with one attached hydrogen (secondary N) is 1. The number of hydrogen-bond donors (Lipinski definition) is 2. The van der Waals surface area contributed by atoms with Crippen molar-refractivity contribution in [1.29, 1.82) is 0 Å². The average Bonchev–Trinajstić information content (AvgIpc) is 3.13. The van der Waals surface area contributed by atoms with Crippen molar-refractivity contribution < 1.29 is 14.3 Å². The van der Waals surface area contributed by atoms with Crippen LogP contribution in [0.2, 0.25) is 0 Å². The molecular formula is C18H27ClN2O3. The number of ether oxygens (including phenoxy) is 2. The van der Waals surface area contributed by atoms with Crippen molar-refractivity contribution in [2.45, 2.75) is 31.7 Å². The molecule has 0 heterocycles. The minimum atomic E-state index is -0.0416. The summed E-state index contributed by atoms with van der Waals surface area (Å²) in [5.74, 6) is 1.77. The van der Waals surface area contributed by atoms with Crippen LogP contribution in [0.1, 0.15) is 25.7 Å². The highest BCUT2D eigenvalue weighted by molar-refractivity contribution is 5.93. The number of amides is 1. The molecule has 6 heteroatoms. The first-order valence-corrected chi connectivity index (χ1v) is 8.47. The molecule has 0 radical (unpaired) electrons. The predicted molar refractivity (Wildman–Crippen MR) is 96.6 cm³/mol. The third-order valence-corrected chi connectivity index (χ3v) is 5.15. The summed E-state index contributed by atoms with van der Waals surface area (Å²) in [5, 5.41) is 3.02. The Balaban J connectivity index is 0.00000208. The second-order valence-electron chi connectivity index (χ2n) is 6.65. The number of methoxy groups -OCH3 is 1. The number of carbonyl (C=O) groups excluding carboxylic acids is 1. The molecule has 1 aromatic carbocycles. The van der Waals surface area contributed by atoms with Crippen molar-refractivity contribution in [3.63, 3.8) is 0 Å². The molecule has 0 aromatic heterocycles. The second kappa shape index (κ2) is 8.70. The largest absolute Gasteiger partial charge is 0.493 e. The number of nitrogens with two attached hydrogens (primary N) is 1. The standard InChI is InChI=1S/C18H26N2O3.ClH/c1-22-8-3-9-23-15-5-2-4-14(11-15)20-18(21)16-12-6-7-13(10-12)17(16)19;/h2,4-5,11-13,16-17H,3,6-10,19H2,1H3,(H,20,21);1H. The first-order valence-electron chi connectivity index (χ1n) is 8.47. The maximum atomic E-state index is 12.6. The molecule has 2 aliphatic carbocycles. The Morgan fingerprint density at radius 2 is 2.08 bits per heavy atom. The summed E-state index contributed by atoms with van der Waals surface area (Å²) in [7, 11) is 1.68. The van der Waals surface area contributed by atoms with Crippen molar-refractivity contribution in [3.8, 4) is 5.75 Å². The van der Waals surface area contributed by atoms with Crippen LogP contribution in [0.15, 0.2) is 24.3 Å². The zero-order chi connectivity index (χ0) is 16.2. The van der Waals surface area contributed by atoms with Crippen molar-refractivity contribution in [2.75, 3.05) is 25.6 Å². The molecule has 3 rings (SSSR count). The van der Waals surface area contributed by atoms with E-state index in [1.54, 1.807) is 7.11 Å². The number of halogens is 1. The molecule has 24 heavy (non-hydrogen) atoms. The Labute approximate surface area is 149 Å². The molecule has 134 valence electrons. The SMILES string of the molecule is COCCCOc1cccc(NC(=O)C2C3CCC(C3)C2N)c1.Cl. The quantitative estimate of drug-likeness (QED) is 0.738. The summed E-state index contributed by atoms with van der Waals surface area (Å²) in [4.78, 5) is 12.6. The van der Waals surface area contributed by atoms with Crippen LogP contribution in [0.25, 0.3) is 0 Å². The van der Waals surface area contributed by atoms with E-state index in [-0.39, 0.29) is 30.3 Å². The van der Waals surface area contributed by atoms with Gasteiger partial charge in [0.1, 0.15) is 5.75 Å². The van der Waals surface area contributed by atoms with E-state index in [2.05, 4.69) is 5.32 Å². The Kier molecular flexibility index (Phi) is 6.90. The van der Waals surface area contributed by atoms with Gasteiger partial charge in [-0.2, -0.15) is 0 Å². The number of hydrogen-bond acceptors (Lipinski definition) is 4. The van der Waals surface area contributed by atoms with E-state index in [1.807, 2.05) is 24.3 Å². The molecule has 4 atom stereocenters. The van der Waals surface area contributed by atoms with Gasteiger partial charge in [0, 0.05) is 37.9 Å². The van der Waals surface area contributed by atoms with Gasteiger partial charge in [0.25, 0.3) is 0 Å². The molecule has 4 unspecified atom stereocenters. The van der Waals surface area contributed by atoms with E-state index in [0.717, 1.165) is 30.7 Å². The highest BCUT2D eigenvalue weighted by atomic mass is 35.5. The molecule has 2 fully saturated rings. The van der Waals surface area contributed by atoms with Crippen LogP contribution in [0.5, 0.6) is 5.75 Å². The van der Waals surface area contributed by atoms with Crippen LogP contribution in [0.4, 0.5) is 5.69 Å². The lowest BCUT2D eigenvalue weighted by Crippen LogP contribution is -2.42. The van der Waals surface area contributed by atoms with Crippen molar-refractivity contribution in [1.82, 2.24) is 0 Å². The Morgan fingerprint density at radius 1 is 1.29 bits per heavy atom. The fourth-order valence-corrected chi connectivity index (χ4v) is 4.01. The maximum absolute atomic E-state index is 12.6. The molecule has 0 spiro atoms. The molecule has 1 aromatic rings. The van der Waals surface area contributed by atoms with Gasteiger partial charge in [-0.05, 0) is 43.2 Å². The summed E-state index contributed by atoms with van der Waals surface area (Å²) >= 11 is 0. The Bertz CT molecular complexity index is 553. The molecule has 2 aliphatic rings. The molecular weight excluding hydrogens is 328 g/mol. The normalized spacial score (nSPS) is 27.6. The van der Waals surface area contributed by atoms with Crippen molar-refractivity contribution in [3.05, 3.63) is 24.3 Å². The Morgan fingerprint density at radius 3 is 2.79 bits per heavy atom. The van der Waals surface area contributed by atoms with Gasteiger partial charge in [0.05, 0.1) is 12.5 Å². The Hall–Kier alpha value is -1.30. The molecule has 0 saturated heterocycles. The molecule has 0 aliphatic heterocycles. The number of anilines is 1. The van der Waals surface area contributed by atoms with Gasteiger partial charge in [-0.15, -0.1) is 12.4 Å². The van der Waals surface area contributed by atoms with E-state index in [0.29, 0.717) is 25.0 Å². The molecule has 5 nitrogen and oxygen atoms in total. The fourth-order valence-electron chi connectivity index (χ4n) is 4.01. The van der Waals surface area contributed by atoms with E-state index in [1.165, 1.54) is 6.42 Å². The lowest BCUT2D eigenvalue weighted by molar-refractivity contribution is -0.121. The summed E-state index contributed by atoms with van der Waals surface area (Å²) in [6, 6.07) is 7.55. The van der Waals surface area contributed by atoms with Gasteiger partial charge in [-0.3, -0.25) is 4.79 Å². The van der Waals surface area contributed by atoms with E-state index in [9.17, 15) is 4.79 Å². The first-order chi connectivity index (χ1) is 11.2. The lowest BCUT2D eigenvalue weighted by atomic mass is 9.84. The minimum absolute atomic E-state index is 0. The molecule has 2 saturated carbocycles. The van der Waals surface area contributed by atoms with Crippen LogP contribution in [-0.2, 0) is 9.53 Å². The third-order valence-electron chi connectivity index (χ3n) is 5.15. The summed E-state index contributed by atoms with van der Waals surface area (Å²) in [6.07, 6.45) is 4.27. The van der Waals surface area contributed by atoms with E-state index < -0.39 is 0 Å².